The number of fused-ring (bicyclic) bond motifs is 3. The van der Waals surface area contributed by atoms with Crippen LogP contribution in [0.15, 0.2) is 55.0 Å². The van der Waals surface area contributed by atoms with Crippen LogP contribution in [0.4, 0.5) is 5.82 Å². The Balaban J connectivity index is 1.65. The number of nitrogens with two attached hydrogens (primary N) is 1. The molecular formula is C18H14N8. The minimum Gasteiger partial charge on any atom is -0.383 e. The fourth-order valence-electron chi connectivity index (χ4n) is 3.07. The lowest BCUT2D eigenvalue weighted by molar-refractivity contribution is 0.671. The second-order valence-electron chi connectivity index (χ2n) is 6.00. The average Bonchev–Trinajstić information content (AvgIpc) is 3.32. The van der Waals surface area contributed by atoms with E-state index in [2.05, 4.69) is 25.4 Å². The molecule has 0 aliphatic rings. The monoisotopic (exact) mass is 342 g/mol. The summed E-state index contributed by atoms with van der Waals surface area (Å²) in [6.07, 6.45) is 5.27. The number of rotatable bonds is 3. The number of hydrogen-bond donors (Lipinski definition) is 2. The highest BCUT2D eigenvalue weighted by Crippen LogP contribution is 2.29. The van der Waals surface area contributed by atoms with E-state index < -0.39 is 0 Å². The minimum absolute atomic E-state index is 0.458. The SMILES string of the molecule is Nc1nc2cc(-c3ccn[nH]3)ccc2c2nn(Cc3cccnn3)cc12. The van der Waals surface area contributed by atoms with Crippen LogP contribution in [-0.2, 0) is 6.54 Å². The number of hydrogen-bond acceptors (Lipinski definition) is 6. The predicted molar refractivity (Wildman–Crippen MR) is 98.2 cm³/mol. The number of aromatic nitrogens is 7. The molecule has 0 saturated heterocycles. The predicted octanol–water partition coefficient (Wildman–Crippen LogP) is 2.40. The van der Waals surface area contributed by atoms with Gasteiger partial charge in [0.15, 0.2) is 0 Å². The highest BCUT2D eigenvalue weighted by Gasteiger charge is 2.12. The Morgan fingerprint density at radius 2 is 2.04 bits per heavy atom. The molecule has 0 radical (unpaired) electrons. The van der Waals surface area contributed by atoms with Crippen molar-refractivity contribution in [2.45, 2.75) is 6.54 Å². The maximum Gasteiger partial charge on any atom is 0.135 e. The molecule has 5 rings (SSSR count). The van der Waals surface area contributed by atoms with Gasteiger partial charge in [0.1, 0.15) is 11.3 Å². The Hall–Kier alpha value is -3.81. The van der Waals surface area contributed by atoms with Crippen LogP contribution in [-0.4, -0.2) is 35.2 Å². The van der Waals surface area contributed by atoms with Crippen molar-refractivity contribution in [1.82, 2.24) is 35.2 Å². The summed E-state index contributed by atoms with van der Waals surface area (Å²) in [5, 5.41) is 21.4. The van der Waals surface area contributed by atoms with Crippen molar-refractivity contribution in [3.05, 3.63) is 60.7 Å². The van der Waals surface area contributed by atoms with Crippen molar-refractivity contribution >= 4 is 27.6 Å². The quantitative estimate of drug-likeness (QED) is 0.521. The van der Waals surface area contributed by atoms with Crippen molar-refractivity contribution in [2.24, 2.45) is 0 Å². The fourth-order valence-corrected chi connectivity index (χ4v) is 3.07. The number of benzene rings is 1. The number of pyridine rings is 1. The molecule has 4 aromatic heterocycles. The molecule has 0 atom stereocenters. The second-order valence-corrected chi connectivity index (χ2v) is 6.00. The van der Waals surface area contributed by atoms with E-state index in [9.17, 15) is 0 Å². The summed E-state index contributed by atoms with van der Waals surface area (Å²) in [5.41, 5.74) is 10.6. The van der Waals surface area contributed by atoms with E-state index in [-0.39, 0.29) is 0 Å². The van der Waals surface area contributed by atoms with E-state index in [0.29, 0.717) is 12.4 Å². The summed E-state index contributed by atoms with van der Waals surface area (Å²) in [5.74, 6) is 0.458. The van der Waals surface area contributed by atoms with Crippen LogP contribution in [0.5, 0.6) is 0 Å². The summed E-state index contributed by atoms with van der Waals surface area (Å²) in [7, 11) is 0. The second kappa shape index (κ2) is 5.62. The van der Waals surface area contributed by atoms with Gasteiger partial charge in [-0.2, -0.15) is 20.4 Å². The zero-order valence-corrected chi connectivity index (χ0v) is 13.7. The third-order valence-corrected chi connectivity index (χ3v) is 4.29. The lowest BCUT2D eigenvalue weighted by Crippen LogP contribution is -2.02. The normalized spacial score (nSPS) is 11.4. The van der Waals surface area contributed by atoms with Gasteiger partial charge in [-0.3, -0.25) is 9.78 Å². The first-order valence-corrected chi connectivity index (χ1v) is 8.11. The third-order valence-electron chi connectivity index (χ3n) is 4.29. The molecule has 26 heavy (non-hydrogen) atoms. The number of H-pyrrole nitrogens is 1. The van der Waals surface area contributed by atoms with Gasteiger partial charge in [0.25, 0.3) is 0 Å². The molecule has 4 heterocycles. The maximum absolute atomic E-state index is 6.19. The van der Waals surface area contributed by atoms with Gasteiger partial charge in [0.2, 0.25) is 0 Å². The molecule has 0 unspecified atom stereocenters. The van der Waals surface area contributed by atoms with Crippen molar-refractivity contribution < 1.29 is 0 Å². The van der Waals surface area contributed by atoms with Crippen LogP contribution < -0.4 is 5.73 Å². The van der Waals surface area contributed by atoms with Gasteiger partial charge >= 0.3 is 0 Å². The van der Waals surface area contributed by atoms with Crippen LogP contribution in [0, 0.1) is 0 Å². The molecule has 3 N–H and O–H groups in total. The van der Waals surface area contributed by atoms with Gasteiger partial charge in [0, 0.05) is 29.5 Å². The molecule has 0 aliphatic carbocycles. The first kappa shape index (κ1) is 14.5. The Kier molecular flexibility index (Phi) is 3.14. The van der Waals surface area contributed by atoms with Gasteiger partial charge in [-0.1, -0.05) is 6.07 Å². The van der Waals surface area contributed by atoms with Crippen LogP contribution in [0.1, 0.15) is 5.69 Å². The van der Waals surface area contributed by atoms with Crippen LogP contribution in [0.2, 0.25) is 0 Å². The molecular weight excluding hydrogens is 328 g/mol. The van der Waals surface area contributed by atoms with Gasteiger partial charge in [0.05, 0.1) is 28.8 Å². The van der Waals surface area contributed by atoms with Crippen molar-refractivity contribution in [3.63, 3.8) is 0 Å². The first-order chi connectivity index (χ1) is 12.8. The Morgan fingerprint density at radius 3 is 2.85 bits per heavy atom. The van der Waals surface area contributed by atoms with E-state index in [1.807, 2.05) is 47.3 Å². The number of nitrogens with zero attached hydrogens (tertiary/aromatic N) is 6. The van der Waals surface area contributed by atoms with Gasteiger partial charge in [-0.25, -0.2) is 4.98 Å². The van der Waals surface area contributed by atoms with Crippen molar-refractivity contribution in [1.29, 1.82) is 0 Å². The van der Waals surface area contributed by atoms with Crippen molar-refractivity contribution in [2.75, 3.05) is 5.73 Å². The van der Waals surface area contributed by atoms with E-state index >= 15 is 0 Å². The maximum atomic E-state index is 6.19. The number of nitrogens with one attached hydrogen (secondary N) is 1. The van der Waals surface area contributed by atoms with E-state index in [0.717, 1.165) is 38.8 Å². The van der Waals surface area contributed by atoms with Gasteiger partial charge < -0.3 is 5.73 Å². The Labute approximate surface area is 147 Å². The van der Waals surface area contributed by atoms with E-state index in [1.54, 1.807) is 12.4 Å². The number of aromatic amines is 1. The molecule has 0 spiro atoms. The summed E-state index contributed by atoms with van der Waals surface area (Å²) >= 11 is 0. The smallest absolute Gasteiger partial charge is 0.135 e. The number of nitrogen functional groups attached to an aromatic ring is 1. The summed E-state index contributed by atoms with van der Waals surface area (Å²) in [6, 6.07) is 11.7. The minimum atomic E-state index is 0.458. The largest absolute Gasteiger partial charge is 0.383 e. The third kappa shape index (κ3) is 2.35. The van der Waals surface area contributed by atoms with Gasteiger partial charge in [-0.05, 0) is 30.3 Å². The molecule has 0 fully saturated rings. The zero-order chi connectivity index (χ0) is 17.5. The molecule has 0 aliphatic heterocycles. The van der Waals surface area contributed by atoms with E-state index in [1.165, 1.54) is 0 Å². The summed E-state index contributed by atoms with van der Waals surface area (Å²) in [4.78, 5) is 4.56. The molecule has 5 aromatic rings. The van der Waals surface area contributed by atoms with E-state index in [4.69, 9.17) is 10.8 Å². The zero-order valence-electron chi connectivity index (χ0n) is 13.7. The highest BCUT2D eigenvalue weighted by atomic mass is 15.3. The summed E-state index contributed by atoms with van der Waals surface area (Å²) < 4.78 is 1.81. The van der Waals surface area contributed by atoms with Crippen LogP contribution >= 0.6 is 0 Å². The highest BCUT2D eigenvalue weighted by molar-refractivity contribution is 6.08. The molecule has 0 saturated carbocycles. The molecule has 126 valence electrons. The first-order valence-electron chi connectivity index (χ1n) is 8.11. The van der Waals surface area contributed by atoms with Crippen LogP contribution in [0.3, 0.4) is 0 Å². The standard InChI is InChI=1S/C18H14N8/c19-18-14-10-26(9-12-2-1-6-20-23-12)25-17(14)13-4-3-11(8-16(13)22-18)15-5-7-21-24-15/h1-8,10H,9H2,(H2,19,22)(H,21,24). The molecule has 0 amide bonds. The van der Waals surface area contributed by atoms with Crippen LogP contribution in [0.25, 0.3) is 33.1 Å². The lowest BCUT2D eigenvalue weighted by Gasteiger charge is -2.03. The van der Waals surface area contributed by atoms with Crippen molar-refractivity contribution in [3.8, 4) is 11.3 Å². The molecule has 8 heteroatoms. The molecule has 0 bridgehead atoms. The Bertz CT molecular complexity index is 1210. The topological polar surface area (TPSA) is 111 Å². The summed E-state index contributed by atoms with van der Waals surface area (Å²) in [6.45, 7) is 0.523. The lowest BCUT2D eigenvalue weighted by atomic mass is 10.1. The number of anilines is 1. The fraction of sp³-hybridized carbons (Fsp3) is 0.0556. The molecule has 8 nitrogen and oxygen atoms in total. The Morgan fingerprint density at radius 1 is 1.08 bits per heavy atom. The van der Waals surface area contributed by atoms with Gasteiger partial charge in [-0.15, -0.1) is 0 Å². The molecule has 1 aromatic carbocycles. The average molecular weight is 342 g/mol.